The van der Waals surface area contributed by atoms with Crippen LogP contribution < -0.4 is 0 Å². The minimum Gasteiger partial charge on any atom is -0.124 e. The summed E-state index contributed by atoms with van der Waals surface area (Å²) in [5.41, 5.74) is 19.2. The van der Waals surface area contributed by atoms with Crippen LogP contribution in [0.5, 0.6) is 0 Å². The Morgan fingerprint density at radius 1 is 0.767 bits per heavy atom. The Morgan fingerprint density at radius 2 is 1.33 bits per heavy atom. The molecular formula is C43H54. The van der Waals surface area contributed by atoms with E-state index in [-0.39, 0.29) is 10.8 Å². The summed E-state index contributed by atoms with van der Waals surface area (Å²) in [7, 11) is 0. The molecule has 0 aromatic heterocycles. The van der Waals surface area contributed by atoms with Gasteiger partial charge in [0.05, 0.1) is 0 Å². The second-order valence-electron chi connectivity index (χ2n) is 13.7. The monoisotopic (exact) mass is 570 g/mol. The zero-order valence-electron chi connectivity index (χ0n) is 28.8. The molecule has 0 spiro atoms. The first-order valence-electron chi connectivity index (χ1n) is 16.2. The summed E-state index contributed by atoms with van der Waals surface area (Å²) < 4.78 is 0. The standard InChI is InChI=1S/C39H46.C2H6.C2H2/c1-10-26-21-27-16-18-29(38(4,5)6)23-35(27)32(26)20-15-25(3)31(11-2)33-13-12-14-34-36-24-30(39(7,8)9)19-17-28(36)22-37(33)34;2*1-2/h10,12-14,16-20,23-24H,11,15,21-22H2,1-9H3;1-2H3;1-2H/b26-10-,31-25+,32-20+;;. The zero-order chi connectivity index (χ0) is 32.1. The summed E-state index contributed by atoms with van der Waals surface area (Å²) >= 11 is 0. The number of hydrogen-bond donors (Lipinski definition) is 0. The molecule has 0 saturated carbocycles. The Morgan fingerprint density at radius 3 is 1.86 bits per heavy atom. The fourth-order valence-electron chi connectivity index (χ4n) is 6.47. The molecule has 226 valence electrons. The van der Waals surface area contributed by atoms with E-state index in [4.69, 9.17) is 0 Å². The van der Waals surface area contributed by atoms with Gasteiger partial charge in [-0.15, -0.1) is 12.8 Å². The van der Waals surface area contributed by atoms with Gasteiger partial charge in [-0.3, -0.25) is 0 Å². The van der Waals surface area contributed by atoms with Gasteiger partial charge in [0, 0.05) is 0 Å². The van der Waals surface area contributed by atoms with Crippen molar-refractivity contribution < 1.29 is 0 Å². The van der Waals surface area contributed by atoms with Crippen LogP contribution in [0.3, 0.4) is 0 Å². The third kappa shape index (κ3) is 6.99. The van der Waals surface area contributed by atoms with Gasteiger partial charge in [-0.25, -0.2) is 0 Å². The number of benzene rings is 3. The lowest BCUT2D eigenvalue weighted by atomic mass is 9.85. The first kappa shape index (κ1) is 33.9. The first-order chi connectivity index (χ1) is 20.4. The summed E-state index contributed by atoms with van der Waals surface area (Å²) in [5.74, 6) is 0. The summed E-state index contributed by atoms with van der Waals surface area (Å²) in [6.45, 7) is 24.7. The molecule has 0 nitrogen and oxygen atoms in total. The molecule has 0 atom stereocenters. The molecular weight excluding hydrogens is 516 g/mol. The highest BCUT2D eigenvalue weighted by atomic mass is 14.3. The van der Waals surface area contributed by atoms with Crippen molar-refractivity contribution in [3.05, 3.63) is 117 Å². The SMILES string of the molecule is C#C.C/C=C1/Cc2ccc(C(C)(C)C)cc2/C1=C/C/C(C)=C(\CC)c1cccc2c1Cc1ccc(C(C)(C)C)cc1-2.CC. The molecule has 3 aromatic rings. The molecule has 0 amide bonds. The second kappa shape index (κ2) is 13.8. The van der Waals surface area contributed by atoms with Gasteiger partial charge < -0.3 is 0 Å². The smallest absolute Gasteiger partial charge is 0.000740 e. The molecule has 2 aliphatic rings. The Balaban J connectivity index is 0.00000121. The number of fused-ring (bicyclic) bond motifs is 4. The lowest BCUT2D eigenvalue weighted by Gasteiger charge is -2.20. The number of rotatable bonds is 4. The van der Waals surface area contributed by atoms with E-state index in [0.29, 0.717) is 0 Å². The maximum absolute atomic E-state index is 4.00. The van der Waals surface area contributed by atoms with Crippen molar-refractivity contribution in [2.24, 2.45) is 0 Å². The largest absolute Gasteiger partial charge is 0.124 e. The van der Waals surface area contributed by atoms with Crippen LogP contribution in [-0.2, 0) is 23.7 Å². The third-order valence-corrected chi connectivity index (χ3v) is 8.96. The zero-order valence-corrected chi connectivity index (χ0v) is 28.8. The number of allylic oxidation sites excluding steroid dienone is 6. The number of terminal acetylenes is 1. The van der Waals surface area contributed by atoms with E-state index in [1.54, 1.807) is 0 Å². The second-order valence-corrected chi connectivity index (χ2v) is 13.7. The summed E-state index contributed by atoms with van der Waals surface area (Å²) in [5, 5.41) is 0. The third-order valence-electron chi connectivity index (χ3n) is 8.96. The Bertz CT molecular complexity index is 1560. The highest BCUT2D eigenvalue weighted by Gasteiger charge is 2.26. The van der Waals surface area contributed by atoms with E-state index in [2.05, 4.69) is 142 Å². The number of hydrogen-bond acceptors (Lipinski definition) is 0. The quantitative estimate of drug-likeness (QED) is 0.214. The molecule has 5 rings (SSSR count). The molecule has 3 aromatic carbocycles. The molecule has 0 heteroatoms. The van der Waals surface area contributed by atoms with Crippen molar-refractivity contribution in [1.29, 1.82) is 0 Å². The lowest BCUT2D eigenvalue weighted by molar-refractivity contribution is 0.590. The van der Waals surface area contributed by atoms with E-state index in [1.807, 2.05) is 13.8 Å². The Hall–Kier alpha value is -3.56. The fraction of sp³-hybridized carbons (Fsp3) is 0.395. The van der Waals surface area contributed by atoms with Gasteiger partial charge in [0.2, 0.25) is 0 Å². The first-order valence-corrected chi connectivity index (χ1v) is 16.2. The van der Waals surface area contributed by atoms with Crippen molar-refractivity contribution in [3.8, 4) is 24.0 Å². The molecule has 0 N–H and O–H groups in total. The molecule has 43 heavy (non-hydrogen) atoms. The van der Waals surface area contributed by atoms with Gasteiger partial charge in [0.1, 0.15) is 0 Å². The van der Waals surface area contributed by atoms with Crippen LogP contribution in [0.4, 0.5) is 0 Å². The van der Waals surface area contributed by atoms with Crippen LogP contribution in [0, 0.1) is 12.8 Å². The predicted molar refractivity (Wildman–Crippen MR) is 193 cm³/mol. The summed E-state index contributed by atoms with van der Waals surface area (Å²) in [6.07, 6.45) is 16.9. The van der Waals surface area contributed by atoms with Crippen LogP contribution in [0.1, 0.15) is 128 Å². The average molecular weight is 571 g/mol. The van der Waals surface area contributed by atoms with E-state index in [0.717, 1.165) is 25.7 Å². The molecule has 0 fully saturated rings. The van der Waals surface area contributed by atoms with Crippen molar-refractivity contribution in [1.82, 2.24) is 0 Å². The van der Waals surface area contributed by atoms with Crippen molar-refractivity contribution in [2.45, 2.75) is 113 Å². The molecule has 0 aliphatic heterocycles. The van der Waals surface area contributed by atoms with E-state index in [1.165, 1.54) is 72.4 Å². The van der Waals surface area contributed by atoms with Gasteiger partial charge in [-0.05, 0) is 117 Å². The van der Waals surface area contributed by atoms with Crippen molar-refractivity contribution >= 4 is 11.1 Å². The molecule has 2 aliphatic carbocycles. The topological polar surface area (TPSA) is 0 Å². The van der Waals surface area contributed by atoms with Crippen LogP contribution in [0.2, 0.25) is 0 Å². The van der Waals surface area contributed by atoms with Crippen LogP contribution >= 0.6 is 0 Å². The van der Waals surface area contributed by atoms with Gasteiger partial charge in [0.15, 0.2) is 0 Å². The Kier molecular flexibility index (Phi) is 10.9. The lowest BCUT2D eigenvalue weighted by Crippen LogP contribution is -2.11. The minimum absolute atomic E-state index is 0.156. The van der Waals surface area contributed by atoms with Crippen LogP contribution in [0.15, 0.2) is 77.9 Å². The molecule has 0 heterocycles. The Labute approximate surface area is 264 Å². The van der Waals surface area contributed by atoms with Gasteiger partial charge in [0.25, 0.3) is 0 Å². The molecule has 0 saturated heterocycles. The maximum atomic E-state index is 4.00. The molecule has 0 unspecified atom stereocenters. The van der Waals surface area contributed by atoms with Crippen LogP contribution in [-0.4, -0.2) is 0 Å². The summed E-state index contributed by atoms with van der Waals surface area (Å²) in [6, 6.07) is 21.3. The van der Waals surface area contributed by atoms with Gasteiger partial charge in [-0.1, -0.05) is 135 Å². The predicted octanol–water partition coefficient (Wildman–Crippen LogP) is 12.3. The van der Waals surface area contributed by atoms with E-state index >= 15 is 0 Å². The minimum atomic E-state index is 0.156. The average Bonchev–Trinajstić information content (AvgIpc) is 3.55. The van der Waals surface area contributed by atoms with Crippen molar-refractivity contribution in [3.63, 3.8) is 0 Å². The fourth-order valence-corrected chi connectivity index (χ4v) is 6.47. The highest BCUT2D eigenvalue weighted by molar-refractivity contribution is 5.87. The van der Waals surface area contributed by atoms with Gasteiger partial charge >= 0.3 is 0 Å². The maximum Gasteiger partial charge on any atom is -0.000740 e. The van der Waals surface area contributed by atoms with Gasteiger partial charge in [-0.2, -0.15) is 0 Å². The van der Waals surface area contributed by atoms with Crippen molar-refractivity contribution in [2.75, 3.05) is 0 Å². The van der Waals surface area contributed by atoms with E-state index in [9.17, 15) is 0 Å². The summed E-state index contributed by atoms with van der Waals surface area (Å²) in [4.78, 5) is 0. The van der Waals surface area contributed by atoms with Crippen LogP contribution in [0.25, 0.3) is 22.3 Å². The molecule has 0 radical (unpaired) electrons. The molecule has 0 bridgehead atoms. The van der Waals surface area contributed by atoms with E-state index < -0.39 is 0 Å². The normalized spacial score (nSPS) is 15.9. The highest BCUT2D eigenvalue weighted by Crippen LogP contribution is 2.44.